The van der Waals surface area contributed by atoms with Crippen molar-refractivity contribution in [1.82, 2.24) is 0 Å². The monoisotopic (exact) mass is 1350 g/mol. The number of phosphoric acid groups is 2. The first-order valence-electron chi connectivity index (χ1n) is 37.9. The van der Waals surface area contributed by atoms with Crippen LogP contribution in [0, 0.1) is 17.8 Å². The van der Waals surface area contributed by atoms with E-state index < -0.39 is 97.5 Å². The molecule has 92 heavy (non-hydrogen) atoms. The first kappa shape index (κ1) is 90.1. The number of carbonyl (C=O) groups is 4. The molecule has 17 nitrogen and oxygen atoms in total. The number of ether oxygens (including phenoxy) is 4. The molecule has 0 bridgehead atoms. The van der Waals surface area contributed by atoms with Crippen LogP contribution in [-0.2, 0) is 65.4 Å². The highest BCUT2D eigenvalue weighted by atomic mass is 31.2. The largest absolute Gasteiger partial charge is 0.472 e. The van der Waals surface area contributed by atoms with E-state index in [0.717, 1.165) is 108 Å². The van der Waals surface area contributed by atoms with Crippen LogP contribution in [0.15, 0.2) is 0 Å². The highest BCUT2D eigenvalue weighted by Crippen LogP contribution is 2.45. The minimum Gasteiger partial charge on any atom is -0.462 e. The highest BCUT2D eigenvalue weighted by Gasteiger charge is 2.30. The number of carbonyl (C=O) groups excluding carboxylic acids is 4. The molecule has 0 radical (unpaired) electrons. The molecule has 19 heteroatoms. The average molecular weight is 1350 g/mol. The van der Waals surface area contributed by atoms with Crippen molar-refractivity contribution >= 4 is 39.5 Å². The van der Waals surface area contributed by atoms with E-state index in [0.29, 0.717) is 25.7 Å². The van der Waals surface area contributed by atoms with Gasteiger partial charge in [-0.25, -0.2) is 9.13 Å². The van der Waals surface area contributed by atoms with Gasteiger partial charge in [-0.3, -0.25) is 37.3 Å². The average Bonchev–Trinajstić information content (AvgIpc) is 1.65. The minimum absolute atomic E-state index is 0.106. The summed E-state index contributed by atoms with van der Waals surface area (Å²) in [4.78, 5) is 72.7. The Morgan fingerprint density at radius 2 is 0.554 bits per heavy atom. The van der Waals surface area contributed by atoms with Gasteiger partial charge in [-0.1, -0.05) is 318 Å². The zero-order valence-electron chi connectivity index (χ0n) is 60.0. The third kappa shape index (κ3) is 64.1. The molecule has 0 saturated heterocycles. The molecule has 0 spiro atoms. The Morgan fingerprint density at radius 3 is 0.826 bits per heavy atom. The Morgan fingerprint density at radius 1 is 0.315 bits per heavy atom. The number of phosphoric ester groups is 2. The number of hydrogen-bond donors (Lipinski definition) is 3. The van der Waals surface area contributed by atoms with Gasteiger partial charge in [0.1, 0.15) is 19.3 Å². The molecule has 0 aliphatic rings. The van der Waals surface area contributed by atoms with Gasteiger partial charge in [0.25, 0.3) is 0 Å². The van der Waals surface area contributed by atoms with E-state index in [4.69, 9.17) is 37.0 Å². The Balaban J connectivity index is 5.26. The van der Waals surface area contributed by atoms with Crippen molar-refractivity contribution in [2.45, 2.75) is 388 Å². The molecule has 0 amide bonds. The molecule has 0 saturated carbocycles. The van der Waals surface area contributed by atoms with E-state index >= 15 is 0 Å². The molecule has 0 heterocycles. The van der Waals surface area contributed by atoms with Gasteiger partial charge in [0.05, 0.1) is 26.4 Å². The second-order valence-corrected chi connectivity index (χ2v) is 30.2. The summed E-state index contributed by atoms with van der Waals surface area (Å²) in [5.41, 5.74) is 0. The van der Waals surface area contributed by atoms with E-state index in [1.54, 1.807) is 0 Å². The SMILES string of the molecule is CCCCCCCCCCCC(=O)OC[C@H](COP(=O)(O)OC[C@H](O)COP(=O)(O)OC[C@@H](COC(=O)CCCCCCCCCCCCC(C)CC)OC(=O)CCCCCCCCCCCCCCC(C)C)OC(=O)CCCCCCCCCCCCC(C)CC. The van der Waals surface area contributed by atoms with Crippen molar-refractivity contribution in [3.8, 4) is 0 Å². The molecule has 0 aromatic rings. The molecule has 7 atom stereocenters. The number of esters is 4. The lowest BCUT2D eigenvalue weighted by atomic mass is 9.99. The van der Waals surface area contributed by atoms with Crippen LogP contribution in [-0.4, -0.2) is 96.7 Å². The van der Waals surface area contributed by atoms with Crippen LogP contribution < -0.4 is 0 Å². The predicted octanol–water partition coefficient (Wildman–Crippen LogP) is 21.0. The van der Waals surface area contributed by atoms with Gasteiger partial charge in [0.2, 0.25) is 0 Å². The van der Waals surface area contributed by atoms with Crippen LogP contribution in [0.1, 0.15) is 370 Å². The standard InChI is InChI=1S/C73H142O17P2/c1-8-11-12-13-14-23-33-40-47-54-70(75)83-60-68(90-73(78)57-50-43-36-29-22-20-26-32-39-46-53-66(7)10-3)62-87-91(79,80)85-58-67(74)59-86-92(81,82)88-63-69(61-84-71(76)55-48-41-34-27-21-19-25-31-38-45-52-65(6)9-2)89-72(77)56-49-42-35-28-18-16-15-17-24-30-37-44-51-64(4)5/h64-69,74H,8-63H2,1-7H3,(H,79,80)(H,81,82)/t65?,66?,67-,68+,69+/m0/s1. The molecule has 0 aliphatic carbocycles. The summed E-state index contributed by atoms with van der Waals surface area (Å²) in [6, 6.07) is 0. The summed E-state index contributed by atoms with van der Waals surface area (Å²) in [6.07, 6.45) is 48.3. The van der Waals surface area contributed by atoms with Crippen molar-refractivity contribution in [1.29, 1.82) is 0 Å². The Hall–Kier alpha value is -1.94. The second kappa shape index (κ2) is 63.8. The van der Waals surface area contributed by atoms with Crippen molar-refractivity contribution in [2.75, 3.05) is 39.6 Å². The summed E-state index contributed by atoms with van der Waals surface area (Å²) < 4.78 is 68.4. The van der Waals surface area contributed by atoms with Crippen LogP contribution >= 0.6 is 15.6 Å². The van der Waals surface area contributed by atoms with E-state index in [1.807, 2.05) is 0 Å². The number of rotatable bonds is 71. The molecule has 0 aromatic heterocycles. The fourth-order valence-corrected chi connectivity index (χ4v) is 12.6. The first-order chi connectivity index (χ1) is 44.3. The van der Waals surface area contributed by atoms with Crippen LogP contribution in [0.3, 0.4) is 0 Å². The smallest absolute Gasteiger partial charge is 0.462 e. The number of aliphatic hydroxyl groups is 1. The van der Waals surface area contributed by atoms with Gasteiger partial charge in [-0.15, -0.1) is 0 Å². The maximum Gasteiger partial charge on any atom is 0.472 e. The normalized spacial score (nSPS) is 14.7. The zero-order chi connectivity index (χ0) is 68.0. The van der Waals surface area contributed by atoms with E-state index in [-0.39, 0.29) is 25.7 Å². The lowest BCUT2D eigenvalue weighted by molar-refractivity contribution is -0.161. The van der Waals surface area contributed by atoms with Crippen molar-refractivity contribution in [2.24, 2.45) is 17.8 Å². The highest BCUT2D eigenvalue weighted by molar-refractivity contribution is 7.47. The molecule has 0 rings (SSSR count). The second-order valence-electron chi connectivity index (χ2n) is 27.3. The Bertz CT molecular complexity index is 1810. The van der Waals surface area contributed by atoms with Gasteiger partial charge in [-0.2, -0.15) is 0 Å². The van der Waals surface area contributed by atoms with E-state index in [1.165, 1.54) is 180 Å². The van der Waals surface area contributed by atoms with Crippen molar-refractivity contribution in [3.63, 3.8) is 0 Å². The van der Waals surface area contributed by atoms with Gasteiger partial charge in [0, 0.05) is 25.7 Å². The van der Waals surface area contributed by atoms with Gasteiger partial charge >= 0.3 is 39.5 Å². The van der Waals surface area contributed by atoms with Crippen LogP contribution in [0.5, 0.6) is 0 Å². The van der Waals surface area contributed by atoms with Crippen molar-refractivity contribution in [3.05, 3.63) is 0 Å². The van der Waals surface area contributed by atoms with Gasteiger partial charge in [0.15, 0.2) is 12.2 Å². The van der Waals surface area contributed by atoms with Crippen molar-refractivity contribution < 1.29 is 80.2 Å². The summed E-state index contributed by atoms with van der Waals surface area (Å²) in [6.45, 7) is 11.9. The lowest BCUT2D eigenvalue weighted by Gasteiger charge is -2.21. The Labute approximate surface area is 562 Å². The lowest BCUT2D eigenvalue weighted by Crippen LogP contribution is -2.30. The topological polar surface area (TPSA) is 237 Å². The number of hydrogen-bond acceptors (Lipinski definition) is 15. The molecular formula is C73H142O17P2. The molecule has 0 aliphatic heterocycles. The van der Waals surface area contributed by atoms with Gasteiger partial charge in [-0.05, 0) is 43.4 Å². The summed E-state index contributed by atoms with van der Waals surface area (Å²) in [5, 5.41) is 10.6. The molecule has 3 N–H and O–H groups in total. The molecular weight excluding hydrogens is 1210 g/mol. The number of aliphatic hydroxyl groups excluding tert-OH is 1. The van der Waals surface area contributed by atoms with Crippen LogP contribution in [0.2, 0.25) is 0 Å². The predicted molar refractivity (Wildman–Crippen MR) is 372 cm³/mol. The maximum atomic E-state index is 13.1. The summed E-state index contributed by atoms with van der Waals surface area (Å²) >= 11 is 0. The van der Waals surface area contributed by atoms with E-state index in [2.05, 4.69) is 48.5 Å². The van der Waals surface area contributed by atoms with Crippen LogP contribution in [0.25, 0.3) is 0 Å². The Kier molecular flexibility index (Phi) is 62.4. The minimum atomic E-state index is -4.95. The third-order valence-electron chi connectivity index (χ3n) is 17.6. The zero-order valence-corrected chi connectivity index (χ0v) is 61.8. The maximum absolute atomic E-state index is 13.1. The summed E-state index contributed by atoms with van der Waals surface area (Å²) in [5.74, 6) is 0.267. The van der Waals surface area contributed by atoms with Crippen LogP contribution in [0.4, 0.5) is 0 Å². The van der Waals surface area contributed by atoms with Gasteiger partial charge < -0.3 is 33.8 Å². The fraction of sp³-hybridized carbons (Fsp3) is 0.945. The molecule has 546 valence electrons. The number of unbranched alkanes of at least 4 members (excludes halogenated alkanes) is 37. The fourth-order valence-electron chi connectivity index (χ4n) is 11.0. The first-order valence-corrected chi connectivity index (χ1v) is 40.9. The molecule has 0 fully saturated rings. The van der Waals surface area contributed by atoms with E-state index in [9.17, 15) is 43.2 Å². The quantitative estimate of drug-likeness (QED) is 0.0222. The summed E-state index contributed by atoms with van der Waals surface area (Å²) in [7, 11) is -9.91. The third-order valence-corrected chi connectivity index (χ3v) is 19.5. The molecule has 0 aromatic carbocycles. The molecule has 4 unspecified atom stereocenters.